The van der Waals surface area contributed by atoms with E-state index in [1.807, 2.05) is 26.4 Å². The van der Waals surface area contributed by atoms with Crippen LogP contribution < -0.4 is 10.6 Å². The van der Waals surface area contributed by atoms with Crippen molar-refractivity contribution < 1.29 is 4.74 Å². The number of hydrogen-bond acceptors (Lipinski definition) is 3. The second-order valence-corrected chi connectivity index (χ2v) is 7.19. The summed E-state index contributed by atoms with van der Waals surface area (Å²) in [5.74, 6) is 2.00. The van der Waals surface area contributed by atoms with Gasteiger partial charge in [0.2, 0.25) is 0 Å². The third-order valence-electron chi connectivity index (χ3n) is 6.05. The van der Waals surface area contributed by atoms with Crippen molar-refractivity contribution >= 4 is 29.9 Å². The van der Waals surface area contributed by atoms with E-state index in [1.54, 1.807) is 0 Å². The van der Waals surface area contributed by atoms with Crippen molar-refractivity contribution in [1.29, 1.82) is 0 Å². The Hall–Kier alpha value is -0.830. The van der Waals surface area contributed by atoms with Crippen molar-refractivity contribution in [2.75, 3.05) is 20.2 Å². The van der Waals surface area contributed by atoms with Gasteiger partial charge in [0.1, 0.15) is 5.82 Å². The molecule has 1 heterocycles. The van der Waals surface area contributed by atoms with Crippen molar-refractivity contribution in [3.63, 3.8) is 0 Å². The Morgan fingerprint density at radius 3 is 2.63 bits per heavy atom. The molecule has 6 nitrogen and oxygen atoms in total. The van der Waals surface area contributed by atoms with E-state index in [9.17, 15) is 0 Å². The maximum Gasteiger partial charge on any atom is 0.191 e. The SMILES string of the molecule is CCOC1CC(NC(=NC)NCCCCn2ccnc2C)C1(CC)CC.I. The van der Waals surface area contributed by atoms with E-state index in [2.05, 4.69) is 45.9 Å². The van der Waals surface area contributed by atoms with Gasteiger partial charge in [-0.3, -0.25) is 4.99 Å². The van der Waals surface area contributed by atoms with Crippen molar-refractivity contribution in [2.45, 2.75) is 78.5 Å². The number of aliphatic imine (C=N–C) groups is 1. The third-order valence-corrected chi connectivity index (χ3v) is 6.05. The lowest BCUT2D eigenvalue weighted by atomic mass is 9.58. The van der Waals surface area contributed by atoms with Crippen molar-refractivity contribution in [1.82, 2.24) is 20.2 Å². The number of halogens is 1. The molecule has 0 amide bonds. The molecule has 2 N–H and O–H groups in total. The highest BCUT2D eigenvalue weighted by Gasteiger charge is 2.53. The molecule has 0 bridgehead atoms. The fourth-order valence-electron chi connectivity index (χ4n) is 4.20. The smallest absolute Gasteiger partial charge is 0.191 e. The molecule has 0 spiro atoms. The van der Waals surface area contributed by atoms with Crippen LogP contribution in [0.15, 0.2) is 17.4 Å². The van der Waals surface area contributed by atoms with Crippen LogP contribution in [0.2, 0.25) is 0 Å². The molecule has 1 aromatic rings. The Bertz CT molecular complexity index is 570. The van der Waals surface area contributed by atoms with Gasteiger partial charge in [-0.2, -0.15) is 0 Å². The maximum absolute atomic E-state index is 5.97. The van der Waals surface area contributed by atoms with Gasteiger partial charge >= 0.3 is 0 Å². The second-order valence-electron chi connectivity index (χ2n) is 7.19. The molecule has 1 fully saturated rings. The lowest BCUT2D eigenvalue weighted by Crippen LogP contribution is -2.65. The molecule has 1 aliphatic rings. The molecule has 2 rings (SSSR count). The van der Waals surface area contributed by atoms with E-state index < -0.39 is 0 Å². The van der Waals surface area contributed by atoms with Gasteiger partial charge in [0, 0.05) is 50.6 Å². The minimum Gasteiger partial charge on any atom is -0.378 e. The predicted octanol–water partition coefficient (Wildman–Crippen LogP) is 3.74. The summed E-state index contributed by atoms with van der Waals surface area (Å²) in [6, 6.07) is 0.439. The quantitative estimate of drug-likeness (QED) is 0.227. The van der Waals surface area contributed by atoms with Crippen LogP contribution in [-0.4, -0.2) is 47.9 Å². The van der Waals surface area contributed by atoms with Gasteiger partial charge in [-0.1, -0.05) is 13.8 Å². The van der Waals surface area contributed by atoms with Gasteiger partial charge in [-0.05, 0) is 46.0 Å². The molecular formula is C20H38IN5O. The molecule has 0 aromatic carbocycles. The van der Waals surface area contributed by atoms with Gasteiger partial charge in [-0.25, -0.2) is 4.98 Å². The Labute approximate surface area is 182 Å². The predicted molar refractivity (Wildman–Crippen MR) is 123 cm³/mol. The lowest BCUT2D eigenvalue weighted by Gasteiger charge is -2.55. The van der Waals surface area contributed by atoms with E-state index in [0.29, 0.717) is 12.1 Å². The molecule has 0 aliphatic heterocycles. The summed E-state index contributed by atoms with van der Waals surface area (Å²) >= 11 is 0. The average Bonchev–Trinajstić information content (AvgIpc) is 3.05. The fraction of sp³-hybridized carbons (Fsp3) is 0.800. The van der Waals surface area contributed by atoms with E-state index in [-0.39, 0.29) is 29.4 Å². The van der Waals surface area contributed by atoms with Gasteiger partial charge in [0.15, 0.2) is 5.96 Å². The number of hydrogen-bond donors (Lipinski definition) is 2. The summed E-state index contributed by atoms with van der Waals surface area (Å²) in [6.07, 6.45) is 9.85. The Balaban J connectivity index is 0.00000364. The zero-order chi connectivity index (χ0) is 19.0. The number of unbranched alkanes of at least 4 members (excludes halogenated alkanes) is 1. The Morgan fingerprint density at radius 2 is 2.07 bits per heavy atom. The maximum atomic E-state index is 5.97. The summed E-state index contributed by atoms with van der Waals surface area (Å²) in [7, 11) is 1.85. The van der Waals surface area contributed by atoms with Gasteiger partial charge < -0.3 is 19.9 Å². The molecule has 0 saturated heterocycles. The van der Waals surface area contributed by atoms with Crippen LogP contribution >= 0.6 is 24.0 Å². The van der Waals surface area contributed by atoms with Crippen LogP contribution in [0.3, 0.4) is 0 Å². The first-order chi connectivity index (χ1) is 12.6. The summed E-state index contributed by atoms with van der Waals surface area (Å²) in [5.41, 5.74) is 0.229. The molecule has 1 aromatic heterocycles. The van der Waals surface area contributed by atoms with Crippen molar-refractivity contribution in [3.8, 4) is 0 Å². The van der Waals surface area contributed by atoms with Crippen LogP contribution in [0.5, 0.6) is 0 Å². The Kier molecular flexibility index (Phi) is 10.7. The highest BCUT2D eigenvalue weighted by molar-refractivity contribution is 14.0. The molecular weight excluding hydrogens is 453 g/mol. The van der Waals surface area contributed by atoms with Crippen LogP contribution in [0.4, 0.5) is 0 Å². The minimum absolute atomic E-state index is 0. The van der Waals surface area contributed by atoms with Crippen LogP contribution in [0, 0.1) is 12.3 Å². The molecule has 0 radical (unpaired) electrons. The number of ether oxygens (including phenoxy) is 1. The molecule has 1 saturated carbocycles. The molecule has 1 aliphatic carbocycles. The summed E-state index contributed by atoms with van der Waals surface area (Å²) in [6.45, 7) is 11.4. The monoisotopic (exact) mass is 491 g/mol. The van der Waals surface area contributed by atoms with Gasteiger partial charge in [0.05, 0.1) is 6.10 Å². The molecule has 2 unspecified atom stereocenters. The first-order valence-corrected chi connectivity index (χ1v) is 10.2. The average molecular weight is 491 g/mol. The van der Waals surface area contributed by atoms with Crippen LogP contribution in [-0.2, 0) is 11.3 Å². The summed E-state index contributed by atoms with van der Waals surface area (Å²) < 4.78 is 8.17. The topological polar surface area (TPSA) is 63.5 Å². The van der Waals surface area contributed by atoms with Gasteiger partial charge in [-0.15, -0.1) is 24.0 Å². The van der Waals surface area contributed by atoms with Crippen molar-refractivity contribution in [3.05, 3.63) is 18.2 Å². The van der Waals surface area contributed by atoms with Crippen LogP contribution in [0.25, 0.3) is 0 Å². The molecule has 27 heavy (non-hydrogen) atoms. The zero-order valence-corrected chi connectivity index (χ0v) is 20.0. The normalized spacial score (nSPS) is 21.3. The molecule has 7 heteroatoms. The fourth-order valence-corrected chi connectivity index (χ4v) is 4.20. The number of nitrogens with zero attached hydrogens (tertiary/aromatic N) is 3. The zero-order valence-electron chi connectivity index (χ0n) is 17.6. The lowest BCUT2D eigenvalue weighted by molar-refractivity contribution is -0.133. The number of guanidine groups is 1. The first kappa shape index (κ1) is 24.2. The van der Waals surface area contributed by atoms with E-state index in [0.717, 1.165) is 63.6 Å². The third kappa shape index (κ3) is 5.82. The number of imidazole rings is 1. The second kappa shape index (κ2) is 11.9. The Morgan fingerprint density at radius 1 is 1.33 bits per heavy atom. The van der Waals surface area contributed by atoms with Crippen LogP contribution in [0.1, 0.15) is 58.7 Å². The van der Waals surface area contributed by atoms with Gasteiger partial charge in [0.25, 0.3) is 0 Å². The highest BCUT2D eigenvalue weighted by atomic mass is 127. The summed E-state index contributed by atoms with van der Waals surface area (Å²) in [4.78, 5) is 8.68. The standard InChI is InChI=1S/C20H37N5O.HI/c1-6-20(7-2)17(15-18(20)26-8-3)24-19(21-5)23-11-9-10-13-25-14-12-22-16(25)4;/h12,14,17-18H,6-11,13,15H2,1-5H3,(H2,21,23,24);1H. The number of aromatic nitrogens is 2. The minimum atomic E-state index is 0. The van der Waals surface area contributed by atoms with Crippen molar-refractivity contribution in [2.24, 2.45) is 10.4 Å². The first-order valence-electron chi connectivity index (χ1n) is 10.2. The van der Waals surface area contributed by atoms with E-state index >= 15 is 0 Å². The van der Waals surface area contributed by atoms with E-state index in [4.69, 9.17) is 4.74 Å². The largest absolute Gasteiger partial charge is 0.378 e. The number of rotatable bonds is 10. The molecule has 2 atom stereocenters. The van der Waals surface area contributed by atoms with E-state index in [1.165, 1.54) is 0 Å². The number of aryl methyl sites for hydroxylation is 2. The number of nitrogens with one attached hydrogen (secondary N) is 2. The highest BCUT2D eigenvalue weighted by Crippen LogP contribution is 2.48. The summed E-state index contributed by atoms with van der Waals surface area (Å²) in [5, 5.41) is 7.11. The molecule has 156 valence electrons.